The highest BCUT2D eigenvalue weighted by atomic mass is 79.9. The predicted molar refractivity (Wildman–Crippen MR) is 81.1 cm³/mol. The van der Waals surface area contributed by atoms with Crippen LogP contribution >= 0.6 is 15.9 Å². The number of carboxylic acid groups (broad SMARTS) is 1. The Kier molecular flexibility index (Phi) is 4.95. The van der Waals surface area contributed by atoms with Crippen molar-refractivity contribution >= 4 is 38.0 Å². The van der Waals surface area contributed by atoms with Crippen molar-refractivity contribution in [1.82, 2.24) is 4.90 Å². The van der Waals surface area contributed by atoms with Gasteiger partial charge in [-0.15, -0.1) is 3.89 Å². The number of hydrogen-bond acceptors (Lipinski definition) is 5. The molecule has 1 heterocycles. The molecule has 1 unspecified atom stereocenters. The summed E-state index contributed by atoms with van der Waals surface area (Å²) >= 11 is 3.10. The van der Waals surface area contributed by atoms with Crippen LogP contribution in [0.2, 0.25) is 0 Å². The number of amides is 1. The van der Waals surface area contributed by atoms with Gasteiger partial charge in [0, 0.05) is 19.4 Å². The minimum atomic E-state index is -4.91. The Morgan fingerprint density at radius 1 is 1.48 bits per heavy atom. The van der Waals surface area contributed by atoms with Crippen LogP contribution in [0.25, 0.3) is 0 Å². The molecule has 1 saturated heterocycles. The Balaban J connectivity index is 2.23. The number of nitrogens with zero attached hydrogens (tertiary/aromatic N) is 1. The molecule has 2 atom stereocenters. The third-order valence-electron chi connectivity index (χ3n) is 3.62. The summed E-state index contributed by atoms with van der Waals surface area (Å²) in [5.41, 5.74) is 0.515. The highest BCUT2D eigenvalue weighted by Crippen LogP contribution is 2.27. The highest BCUT2D eigenvalue weighted by molar-refractivity contribution is 9.10. The summed E-state index contributed by atoms with van der Waals surface area (Å²) in [6.07, 6.45) is -0.666. The lowest BCUT2D eigenvalue weighted by Crippen LogP contribution is -2.44. The molecule has 1 aliphatic rings. The topological polar surface area (TPSA) is 112 Å². The number of halogens is 2. The molecule has 1 aromatic carbocycles. The second-order valence-electron chi connectivity index (χ2n) is 5.19. The summed E-state index contributed by atoms with van der Waals surface area (Å²) in [4.78, 5) is 24.2. The molecule has 0 bridgehead atoms. The van der Waals surface area contributed by atoms with E-state index >= 15 is 0 Å². The highest BCUT2D eigenvalue weighted by Gasteiger charge is 2.43. The van der Waals surface area contributed by atoms with Gasteiger partial charge in [0.25, 0.3) is 0 Å². The number of hydrogen-bond donors (Lipinski definition) is 2. The smallest absolute Gasteiger partial charge is 0.326 e. The van der Waals surface area contributed by atoms with E-state index in [9.17, 15) is 32.1 Å². The Morgan fingerprint density at radius 3 is 2.61 bits per heavy atom. The molecule has 1 aromatic rings. The molecule has 0 radical (unpaired) electrons. The van der Waals surface area contributed by atoms with Crippen molar-refractivity contribution in [3.8, 4) is 5.75 Å². The van der Waals surface area contributed by atoms with Crippen LogP contribution in [0.1, 0.15) is 12.0 Å². The summed E-state index contributed by atoms with van der Waals surface area (Å²) in [5, 5.41) is 17.2. The maximum Gasteiger partial charge on any atom is 0.326 e. The molecule has 10 heteroatoms. The Morgan fingerprint density at radius 2 is 2.13 bits per heavy atom. The van der Waals surface area contributed by atoms with Crippen LogP contribution in [-0.4, -0.2) is 53.2 Å². The van der Waals surface area contributed by atoms with E-state index in [1.165, 1.54) is 18.2 Å². The lowest BCUT2D eigenvalue weighted by molar-refractivity contribution is -0.148. The van der Waals surface area contributed by atoms with E-state index in [-0.39, 0.29) is 12.2 Å². The molecule has 126 valence electrons. The van der Waals surface area contributed by atoms with Crippen molar-refractivity contribution in [1.29, 1.82) is 0 Å². The lowest BCUT2D eigenvalue weighted by Gasteiger charge is -2.24. The van der Waals surface area contributed by atoms with Crippen molar-refractivity contribution in [2.45, 2.75) is 24.1 Å². The number of likely N-dealkylation sites (tertiary alicyclic amines) is 1. The quantitative estimate of drug-likeness (QED) is 0.702. The van der Waals surface area contributed by atoms with Crippen molar-refractivity contribution in [2.75, 3.05) is 6.54 Å². The zero-order valence-electron chi connectivity index (χ0n) is 11.6. The van der Waals surface area contributed by atoms with E-state index in [0.29, 0.717) is 10.0 Å². The molecule has 0 aliphatic carbocycles. The Hall–Kier alpha value is -1.68. The van der Waals surface area contributed by atoms with E-state index in [0.717, 1.165) is 4.90 Å². The minimum absolute atomic E-state index is 0.0264. The maximum atomic E-state index is 13.0. The second-order valence-corrected chi connectivity index (χ2v) is 7.66. The fourth-order valence-corrected chi connectivity index (χ4v) is 3.53. The number of phenols is 1. The number of carboxylic acids is 1. The summed E-state index contributed by atoms with van der Waals surface area (Å²) in [6.45, 7) is -0.492. The van der Waals surface area contributed by atoms with E-state index in [1.807, 2.05) is 0 Å². The molecule has 1 fully saturated rings. The summed E-state index contributed by atoms with van der Waals surface area (Å²) in [6, 6.07) is 3.03. The van der Waals surface area contributed by atoms with Crippen LogP contribution in [0.3, 0.4) is 0 Å². The number of benzene rings is 1. The first-order valence-electron chi connectivity index (χ1n) is 6.52. The van der Waals surface area contributed by atoms with Gasteiger partial charge in [0.05, 0.1) is 4.47 Å². The number of aliphatic carboxylic acids is 1. The molecule has 2 N–H and O–H groups in total. The first-order valence-corrected chi connectivity index (χ1v) is 8.76. The normalized spacial score (nSPS) is 19.8. The van der Waals surface area contributed by atoms with E-state index in [4.69, 9.17) is 0 Å². The molecular weight excluding hydrogens is 397 g/mol. The van der Waals surface area contributed by atoms with Gasteiger partial charge >= 0.3 is 16.2 Å². The van der Waals surface area contributed by atoms with E-state index < -0.39 is 46.4 Å². The van der Waals surface area contributed by atoms with Crippen LogP contribution in [-0.2, 0) is 26.2 Å². The van der Waals surface area contributed by atoms with Crippen LogP contribution in [0.5, 0.6) is 5.75 Å². The van der Waals surface area contributed by atoms with E-state index in [2.05, 4.69) is 15.9 Å². The fourth-order valence-electron chi connectivity index (χ4n) is 2.42. The van der Waals surface area contributed by atoms with Gasteiger partial charge in [-0.05, 0) is 33.6 Å². The number of rotatable bonds is 5. The van der Waals surface area contributed by atoms with Crippen LogP contribution in [0.15, 0.2) is 22.7 Å². The summed E-state index contributed by atoms with van der Waals surface area (Å²) in [7, 11) is -4.91. The molecular formula is C13H13BrFNO6S. The van der Waals surface area contributed by atoms with Gasteiger partial charge in [0.15, 0.2) is 0 Å². The molecule has 0 saturated carbocycles. The van der Waals surface area contributed by atoms with Crippen LogP contribution in [0.4, 0.5) is 3.89 Å². The standard InChI is InChI=1S/C13H13BrFNO6S/c14-9-3-7(1-2-11(9)17)4-10(13(19)20)16-6-8(5-12(16)18)23(15,21)22/h1-3,8,10,17H,4-6H2,(H,19,20)/t8?,10-/m0/s1. The van der Waals surface area contributed by atoms with Crippen LogP contribution in [0, 0.1) is 0 Å². The van der Waals surface area contributed by atoms with Crippen molar-refractivity contribution in [2.24, 2.45) is 0 Å². The van der Waals surface area contributed by atoms with Gasteiger partial charge < -0.3 is 15.1 Å². The average Bonchev–Trinajstić information content (AvgIpc) is 2.81. The predicted octanol–water partition coefficient (Wildman–Crippen LogP) is 1.05. The molecule has 7 nitrogen and oxygen atoms in total. The SMILES string of the molecule is O=C(O)[C@H](Cc1ccc(O)c(Br)c1)N1CC(S(=O)(=O)F)CC1=O. The van der Waals surface area contributed by atoms with E-state index in [1.54, 1.807) is 0 Å². The number of carbonyl (C=O) groups is 2. The Labute approximate surface area is 140 Å². The summed E-state index contributed by atoms with van der Waals surface area (Å²) in [5.74, 6) is -2.07. The third kappa shape index (κ3) is 3.99. The zero-order valence-corrected chi connectivity index (χ0v) is 14.0. The number of aromatic hydroxyl groups is 1. The van der Waals surface area contributed by atoms with Gasteiger partial charge in [-0.2, -0.15) is 8.42 Å². The van der Waals surface area contributed by atoms with Crippen molar-refractivity contribution in [3.05, 3.63) is 28.2 Å². The summed E-state index contributed by atoms with van der Waals surface area (Å²) < 4.78 is 35.3. The molecule has 0 spiro atoms. The zero-order chi connectivity index (χ0) is 17.4. The molecule has 23 heavy (non-hydrogen) atoms. The molecule has 1 amide bonds. The van der Waals surface area contributed by atoms with Gasteiger partial charge in [-0.3, -0.25) is 4.79 Å². The second kappa shape index (κ2) is 6.44. The fraction of sp³-hybridized carbons (Fsp3) is 0.385. The first kappa shape index (κ1) is 17.7. The van der Waals surface area contributed by atoms with Crippen molar-refractivity contribution < 1.29 is 32.1 Å². The number of phenolic OH excluding ortho intramolecular Hbond substituents is 1. The largest absolute Gasteiger partial charge is 0.507 e. The minimum Gasteiger partial charge on any atom is -0.507 e. The molecule has 0 aromatic heterocycles. The molecule has 2 rings (SSSR count). The van der Waals surface area contributed by atoms with Crippen LogP contribution < -0.4 is 0 Å². The Bertz CT molecular complexity index is 753. The first-order chi connectivity index (χ1) is 10.6. The van der Waals surface area contributed by atoms with Crippen molar-refractivity contribution in [3.63, 3.8) is 0 Å². The van der Waals surface area contributed by atoms with Gasteiger partial charge in [-0.25, -0.2) is 4.79 Å². The number of carbonyl (C=O) groups excluding carboxylic acids is 1. The maximum absolute atomic E-state index is 13.0. The lowest BCUT2D eigenvalue weighted by atomic mass is 10.0. The molecule has 1 aliphatic heterocycles. The van der Waals surface area contributed by atoms with Gasteiger partial charge in [0.1, 0.15) is 17.0 Å². The average molecular weight is 410 g/mol. The van der Waals surface area contributed by atoms with Gasteiger partial charge in [-0.1, -0.05) is 6.07 Å². The third-order valence-corrected chi connectivity index (χ3v) is 5.37. The van der Waals surface area contributed by atoms with Gasteiger partial charge in [0.2, 0.25) is 5.91 Å². The monoisotopic (exact) mass is 409 g/mol.